The fourth-order valence-electron chi connectivity index (χ4n) is 3.10. The van der Waals surface area contributed by atoms with Gasteiger partial charge in [0.05, 0.1) is 0 Å². The number of benzene rings is 1. The van der Waals surface area contributed by atoms with E-state index in [0.29, 0.717) is 11.9 Å². The summed E-state index contributed by atoms with van der Waals surface area (Å²) in [7, 11) is 0. The van der Waals surface area contributed by atoms with Crippen LogP contribution in [0.25, 0.3) is 0 Å². The predicted octanol–water partition coefficient (Wildman–Crippen LogP) is 2.24. The Hall–Kier alpha value is -1.31. The molecule has 0 spiro atoms. The lowest BCUT2D eigenvalue weighted by atomic mass is 9.95. The van der Waals surface area contributed by atoms with E-state index in [2.05, 4.69) is 29.2 Å². The van der Waals surface area contributed by atoms with Gasteiger partial charge in [0.1, 0.15) is 0 Å². The monoisotopic (exact) mass is 215 g/mol. The summed E-state index contributed by atoms with van der Waals surface area (Å²) in [5.74, 6) is 0.638. The van der Waals surface area contributed by atoms with Crippen molar-refractivity contribution >= 4 is 5.91 Å². The van der Waals surface area contributed by atoms with Gasteiger partial charge in [0.15, 0.2) is 0 Å². The summed E-state index contributed by atoms with van der Waals surface area (Å²) in [6.45, 7) is 0.995. The van der Waals surface area contributed by atoms with E-state index in [-0.39, 0.29) is 5.92 Å². The number of hydrogen-bond donors (Lipinski definition) is 0. The molecule has 0 radical (unpaired) electrons. The van der Waals surface area contributed by atoms with E-state index in [1.807, 2.05) is 6.07 Å². The number of carbonyl (C=O) groups is 1. The second-order valence-electron chi connectivity index (χ2n) is 4.95. The summed E-state index contributed by atoms with van der Waals surface area (Å²) in [5.41, 5.74) is 1.29. The molecule has 0 saturated carbocycles. The van der Waals surface area contributed by atoms with Crippen LogP contribution in [0.5, 0.6) is 0 Å². The molecule has 0 aliphatic carbocycles. The second kappa shape index (κ2) is 3.93. The summed E-state index contributed by atoms with van der Waals surface area (Å²) in [6.07, 6.45) is 4.42. The van der Waals surface area contributed by atoms with Crippen LogP contribution in [0, 0.1) is 5.92 Å². The third-order valence-electron chi connectivity index (χ3n) is 3.89. The van der Waals surface area contributed by atoms with Crippen molar-refractivity contribution in [2.24, 2.45) is 5.92 Å². The maximum absolute atomic E-state index is 12.1. The van der Waals surface area contributed by atoms with Crippen LogP contribution in [0.2, 0.25) is 0 Å². The Balaban J connectivity index is 1.71. The Kier molecular flexibility index (Phi) is 2.43. The van der Waals surface area contributed by atoms with Gasteiger partial charge in [-0.25, -0.2) is 0 Å². The molecule has 16 heavy (non-hydrogen) atoms. The molecule has 2 heteroatoms. The van der Waals surface area contributed by atoms with Gasteiger partial charge in [0.2, 0.25) is 5.91 Å². The average Bonchev–Trinajstić information content (AvgIpc) is 2.86. The van der Waals surface area contributed by atoms with Crippen molar-refractivity contribution < 1.29 is 4.79 Å². The quantitative estimate of drug-likeness (QED) is 0.741. The molecule has 1 aromatic rings. The number of fused-ring (bicyclic) bond motifs is 1. The van der Waals surface area contributed by atoms with Gasteiger partial charge in [0.25, 0.3) is 0 Å². The zero-order valence-electron chi connectivity index (χ0n) is 9.43. The second-order valence-corrected chi connectivity index (χ2v) is 4.95. The van der Waals surface area contributed by atoms with Crippen LogP contribution in [0.3, 0.4) is 0 Å². The minimum absolute atomic E-state index is 0.243. The molecular formula is C14H17NO. The first-order valence-corrected chi connectivity index (χ1v) is 6.19. The largest absolute Gasteiger partial charge is 0.339 e. The topological polar surface area (TPSA) is 20.3 Å². The van der Waals surface area contributed by atoms with E-state index in [1.54, 1.807) is 0 Å². The predicted molar refractivity (Wildman–Crippen MR) is 63.0 cm³/mol. The molecule has 1 aromatic carbocycles. The lowest BCUT2D eigenvalue weighted by Gasteiger charge is -2.14. The van der Waals surface area contributed by atoms with Gasteiger partial charge in [0, 0.05) is 18.5 Å². The van der Waals surface area contributed by atoms with Crippen LogP contribution in [0.4, 0.5) is 0 Å². The molecular weight excluding hydrogens is 198 g/mol. The highest BCUT2D eigenvalue weighted by molar-refractivity contribution is 5.82. The molecule has 2 saturated heterocycles. The van der Waals surface area contributed by atoms with Crippen LogP contribution >= 0.6 is 0 Å². The SMILES string of the molecule is O=C1[C@@H](Cc2ccccc2)C[C@@H]2CCCN12. The third kappa shape index (κ3) is 1.62. The molecule has 0 bridgehead atoms. The Morgan fingerprint density at radius 2 is 2.06 bits per heavy atom. The van der Waals surface area contributed by atoms with E-state index in [0.717, 1.165) is 19.4 Å². The Morgan fingerprint density at radius 1 is 1.25 bits per heavy atom. The minimum Gasteiger partial charge on any atom is -0.339 e. The molecule has 0 aromatic heterocycles. The first kappa shape index (κ1) is 9.88. The maximum Gasteiger partial charge on any atom is 0.226 e. The van der Waals surface area contributed by atoms with E-state index in [9.17, 15) is 4.79 Å². The van der Waals surface area contributed by atoms with Crippen LogP contribution in [-0.4, -0.2) is 23.4 Å². The smallest absolute Gasteiger partial charge is 0.226 e. The molecule has 0 N–H and O–H groups in total. The van der Waals surface area contributed by atoms with Crippen molar-refractivity contribution in [2.45, 2.75) is 31.7 Å². The summed E-state index contributed by atoms with van der Waals surface area (Å²) in [4.78, 5) is 14.2. The third-order valence-corrected chi connectivity index (χ3v) is 3.89. The van der Waals surface area contributed by atoms with Gasteiger partial charge in [-0.2, -0.15) is 0 Å². The summed E-state index contributed by atoms with van der Waals surface area (Å²) < 4.78 is 0. The number of hydrogen-bond acceptors (Lipinski definition) is 1. The Morgan fingerprint density at radius 3 is 2.81 bits per heavy atom. The highest BCUT2D eigenvalue weighted by Crippen LogP contribution is 2.34. The first-order valence-electron chi connectivity index (χ1n) is 6.19. The van der Waals surface area contributed by atoms with Crippen LogP contribution in [0.15, 0.2) is 30.3 Å². The number of nitrogens with zero attached hydrogens (tertiary/aromatic N) is 1. The molecule has 2 atom stereocenters. The lowest BCUT2D eigenvalue weighted by molar-refractivity contribution is -0.131. The van der Waals surface area contributed by atoms with E-state index in [4.69, 9.17) is 0 Å². The Labute approximate surface area is 96.3 Å². The number of amides is 1. The van der Waals surface area contributed by atoms with Gasteiger partial charge in [-0.15, -0.1) is 0 Å². The molecule has 2 aliphatic rings. The molecule has 0 unspecified atom stereocenters. The average molecular weight is 215 g/mol. The van der Waals surface area contributed by atoms with Gasteiger partial charge < -0.3 is 4.90 Å². The van der Waals surface area contributed by atoms with E-state index in [1.165, 1.54) is 18.4 Å². The molecule has 2 aliphatic heterocycles. The summed E-state index contributed by atoms with van der Waals surface area (Å²) in [5, 5.41) is 0. The zero-order valence-corrected chi connectivity index (χ0v) is 9.43. The summed E-state index contributed by atoms with van der Waals surface area (Å²) in [6, 6.07) is 10.9. The maximum atomic E-state index is 12.1. The zero-order chi connectivity index (χ0) is 11.0. The Bertz CT molecular complexity index is 387. The highest BCUT2D eigenvalue weighted by Gasteiger charge is 2.41. The molecule has 1 amide bonds. The van der Waals surface area contributed by atoms with Crippen molar-refractivity contribution in [1.82, 2.24) is 4.90 Å². The molecule has 2 fully saturated rings. The normalized spacial score (nSPS) is 28.5. The molecule has 84 valence electrons. The number of carbonyl (C=O) groups excluding carboxylic acids is 1. The fraction of sp³-hybridized carbons (Fsp3) is 0.500. The van der Waals surface area contributed by atoms with Crippen LogP contribution in [0.1, 0.15) is 24.8 Å². The van der Waals surface area contributed by atoms with Gasteiger partial charge in [-0.1, -0.05) is 30.3 Å². The fourth-order valence-corrected chi connectivity index (χ4v) is 3.10. The van der Waals surface area contributed by atoms with Crippen LogP contribution < -0.4 is 0 Å². The van der Waals surface area contributed by atoms with Crippen molar-refractivity contribution in [3.8, 4) is 0 Å². The highest BCUT2D eigenvalue weighted by atomic mass is 16.2. The van der Waals surface area contributed by atoms with Crippen molar-refractivity contribution in [2.75, 3.05) is 6.54 Å². The van der Waals surface area contributed by atoms with E-state index >= 15 is 0 Å². The van der Waals surface area contributed by atoms with Crippen molar-refractivity contribution in [3.63, 3.8) is 0 Å². The number of rotatable bonds is 2. The first-order chi connectivity index (χ1) is 7.84. The molecule has 2 nitrogen and oxygen atoms in total. The van der Waals surface area contributed by atoms with Gasteiger partial charge in [-0.05, 0) is 31.2 Å². The van der Waals surface area contributed by atoms with Gasteiger partial charge >= 0.3 is 0 Å². The summed E-state index contributed by atoms with van der Waals surface area (Å²) >= 11 is 0. The minimum atomic E-state index is 0.243. The van der Waals surface area contributed by atoms with Gasteiger partial charge in [-0.3, -0.25) is 4.79 Å². The van der Waals surface area contributed by atoms with E-state index < -0.39 is 0 Å². The standard InChI is InChI=1S/C14H17NO/c16-14-12(9-11-5-2-1-3-6-11)10-13-7-4-8-15(13)14/h1-3,5-6,12-13H,4,7-10H2/t12-,13-/m0/s1. The van der Waals surface area contributed by atoms with Crippen molar-refractivity contribution in [3.05, 3.63) is 35.9 Å². The molecule has 3 rings (SSSR count). The van der Waals surface area contributed by atoms with Crippen molar-refractivity contribution in [1.29, 1.82) is 0 Å². The van der Waals surface area contributed by atoms with Crippen LogP contribution in [-0.2, 0) is 11.2 Å². The lowest BCUT2D eigenvalue weighted by Crippen LogP contribution is -2.28. The molecule has 2 heterocycles.